The van der Waals surface area contributed by atoms with Gasteiger partial charge in [0.1, 0.15) is 17.6 Å². The highest BCUT2D eigenvalue weighted by molar-refractivity contribution is 6.31. The highest BCUT2D eigenvalue weighted by atomic mass is 35.5. The Morgan fingerprint density at radius 2 is 1.49 bits per heavy atom. The average molecular weight is 652 g/mol. The van der Waals surface area contributed by atoms with E-state index in [1.807, 2.05) is 23.1 Å². The normalized spacial score (nSPS) is 21.1. The molecule has 10 heteroatoms. The minimum absolute atomic E-state index is 0.210. The van der Waals surface area contributed by atoms with Gasteiger partial charge in [0, 0.05) is 72.5 Å². The maximum Gasteiger partial charge on any atom is 0.260 e. The fourth-order valence-corrected chi connectivity index (χ4v) is 7.16. The predicted octanol–water partition coefficient (Wildman–Crippen LogP) is 5.95. The van der Waals surface area contributed by atoms with Crippen LogP contribution in [-0.2, 0) is 11.2 Å². The van der Waals surface area contributed by atoms with Gasteiger partial charge in [-0.05, 0) is 85.0 Å². The Balaban J connectivity index is 1.05. The van der Waals surface area contributed by atoms with Crippen molar-refractivity contribution in [2.75, 3.05) is 59.0 Å². The zero-order valence-electron chi connectivity index (χ0n) is 25.3. The molecule has 1 aromatic heterocycles. The van der Waals surface area contributed by atoms with Gasteiger partial charge in [0.15, 0.2) is 0 Å². The average Bonchev–Trinajstić information content (AvgIpc) is 3.44. The molecule has 2 fully saturated rings. The van der Waals surface area contributed by atoms with Crippen molar-refractivity contribution in [3.8, 4) is 11.5 Å². The van der Waals surface area contributed by atoms with Gasteiger partial charge in [-0.3, -0.25) is 4.90 Å². The molecule has 4 heterocycles. The van der Waals surface area contributed by atoms with Crippen molar-refractivity contribution in [2.45, 2.75) is 37.8 Å². The largest absolute Gasteiger partial charge is 0.490 e. The number of morpholine rings is 1. The van der Waals surface area contributed by atoms with Crippen LogP contribution in [0.4, 0.5) is 0 Å². The Morgan fingerprint density at radius 1 is 0.822 bits per heavy atom. The molecular formula is C35H40Cl2N4O4. The smallest absolute Gasteiger partial charge is 0.260 e. The van der Waals surface area contributed by atoms with Crippen molar-refractivity contribution in [2.24, 2.45) is 0 Å². The highest BCUT2D eigenvalue weighted by Crippen LogP contribution is 2.40. The van der Waals surface area contributed by atoms with Crippen molar-refractivity contribution in [1.82, 2.24) is 19.7 Å². The number of hydrogen-bond donors (Lipinski definition) is 2. The quantitative estimate of drug-likeness (QED) is 0.217. The van der Waals surface area contributed by atoms with Crippen LogP contribution in [0.15, 0.2) is 66.7 Å². The predicted molar refractivity (Wildman–Crippen MR) is 177 cm³/mol. The van der Waals surface area contributed by atoms with E-state index >= 15 is 0 Å². The van der Waals surface area contributed by atoms with Gasteiger partial charge in [0.05, 0.1) is 19.3 Å². The first-order valence-corrected chi connectivity index (χ1v) is 16.7. The van der Waals surface area contributed by atoms with E-state index in [1.54, 1.807) is 24.3 Å². The van der Waals surface area contributed by atoms with Crippen molar-refractivity contribution in [3.63, 3.8) is 0 Å². The SMILES string of the molecule is OC(Oc1ccc(Cl)cc1)N1CCc2c([nH]c3ccc(Cl)cc23)C1c1ccc(OC2CCN(CCN3CCOCC3)CC2)cc1. The van der Waals surface area contributed by atoms with E-state index in [2.05, 4.69) is 39.0 Å². The van der Waals surface area contributed by atoms with Gasteiger partial charge in [-0.1, -0.05) is 35.3 Å². The first-order valence-electron chi connectivity index (χ1n) is 16.0. The van der Waals surface area contributed by atoms with Gasteiger partial charge in [-0.15, -0.1) is 0 Å². The molecule has 2 atom stereocenters. The molecule has 3 aliphatic rings. The lowest BCUT2D eigenvalue weighted by Gasteiger charge is -2.38. The van der Waals surface area contributed by atoms with Crippen LogP contribution in [0.25, 0.3) is 10.9 Å². The lowest BCUT2D eigenvalue weighted by molar-refractivity contribution is -0.150. The number of rotatable bonds is 9. The summed E-state index contributed by atoms with van der Waals surface area (Å²) in [6.45, 7) is 8.72. The van der Waals surface area contributed by atoms with Crippen LogP contribution < -0.4 is 9.47 Å². The molecule has 0 amide bonds. The molecule has 0 saturated carbocycles. The summed E-state index contributed by atoms with van der Waals surface area (Å²) in [6.07, 6.45) is 1.84. The molecule has 3 aliphatic heterocycles. The molecule has 45 heavy (non-hydrogen) atoms. The van der Waals surface area contributed by atoms with Crippen LogP contribution in [0, 0.1) is 0 Å². The Kier molecular flexibility index (Phi) is 9.51. The first kappa shape index (κ1) is 30.8. The van der Waals surface area contributed by atoms with Crippen LogP contribution in [0.1, 0.15) is 35.7 Å². The summed E-state index contributed by atoms with van der Waals surface area (Å²) in [6, 6.07) is 21.0. The molecule has 0 radical (unpaired) electrons. The fraction of sp³-hybridized carbons (Fsp3) is 0.429. The molecule has 0 spiro atoms. The topological polar surface area (TPSA) is 73.4 Å². The van der Waals surface area contributed by atoms with Crippen LogP contribution >= 0.6 is 23.2 Å². The van der Waals surface area contributed by atoms with Crippen LogP contribution in [0.2, 0.25) is 10.0 Å². The highest BCUT2D eigenvalue weighted by Gasteiger charge is 2.36. The molecule has 2 saturated heterocycles. The standard InChI is InChI=1S/C35H40Cl2N4O4/c36-25-3-8-28(9-4-25)45-35(42)41-16-13-30-31-23-26(37)5-10-32(31)38-33(30)34(41)24-1-6-27(7-2-24)44-29-11-14-39(15-12-29)17-18-40-19-21-43-22-20-40/h1-10,23,29,34-35,38,42H,11-22H2. The zero-order valence-corrected chi connectivity index (χ0v) is 26.8. The summed E-state index contributed by atoms with van der Waals surface area (Å²) in [5.74, 6) is 1.42. The lowest BCUT2D eigenvalue weighted by Crippen LogP contribution is -2.46. The maximum atomic E-state index is 11.4. The molecule has 3 aromatic carbocycles. The van der Waals surface area contributed by atoms with Crippen molar-refractivity contribution < 1.29 is 19.3 Å². The number of nitrogens with one attached hydrogen (secondary N) is 1. The summed E-state index contributed by atoms with van der Waals surface area (Å²) in [7, 11) is 0. The van der Waals surface area contributed by atoms with E-state index in [9.17, 15) is 5.11 Å². The van der Waals surface area contributed by atoms with E-state index < -0.39 is 6.41 Å². The fourth-order valence-electron chi connectivity index (χ4n) is 6.86. The van der Waals surface area contributed by atoms with Gasteiger partial charge in [0.25, 0.3) is 6.41 Å². The van der Waals surface area contributed by atoms with E-state index in [0.717, 1.165) is 99.7 Å². The maximum absolute atomic E-state index is 11.4. The van der Waals surface area contributed by atoms with Crippen molar-refractivity contribution >= 4 is 34.1 Å². The second-order valence-corrected chi connectivity index (χ2v) is 13.1. The minimum Gasteiger partial charge on any atom is -0.490 e. The Labute approximate surface area is 274 Å². The molecule has 0 bridgehead atoms. The third-order valence-electron chi connectivity index (χ3n) is 9.33. The lowest BCUT2D eigenvalue weighted by atomic mass is 9.92. The number of aliphatic hydroxyl groups is 1. The van der Waals surface area contributed by atoms with E-state index in [0.29, 0.717) is 22.3 Å². The number of piperidine rings is 1. The van der Waals surface area contributed by atoms with Gasteiger partial charge < -0.3 is 29.2 Å². The summed E-state index contributed by atoms with van der Waals surface area (Å²) in [5.41, 5.74) is 4.32. The molecule has 2 N–H and O–H groups in total. The number of benzene rings is 3. The number of aliphatic hydroxyl groups excluding tert-OH is 1. The van der Waals surface area contributed by atoms with E-state index in [1.165, 1.54) is 5.56 Å². The Hall–Kier alpha value is -2.82. The summed E-state index contributed by atoms with van der Waals surface area (Å²) in [4.78, 5) is 10.7. The molecule has 238 valence electrons. The Bertz CT molecular complexity index is 1570. The number of fused-ring (bicyclic) bond motifs is 3. The number of nitrogens with zero attached hydrogens (tertiary/aromatic N) is 3. The zero-order chi connectivity index (χ0) is 30.8. The second kappa shape index (κ2) is 13.9. The van der Waals surface area contributed by atoms with Crippen molar-refractivity contribution in [3.05, 3.63) is 93.6 Å². The molecule has 4 aromatic rings. The summed E-state index contributed by atoms with van der Waals surface area (Å²) in [5, 5.41) is 13.8. The number of likely N-dealkylation sites (tertiary alicyclic amines) is 1. The Morgan fingerprint density at radius 3 is 2.22 bits per heavy atom. The van der Waals surface area contributed by atoms with Crippen molar-refractivity contribution in [1.29, 1.82) is 0 Å². The second-order valence-electron chi connectivity index (χ2n) is 12.2. The molecule has 0 aliphatic carbocycles. The molecule has 8 nitrogen and oxygen atoms in total. The van der Waals surface area contributed by atoms with Gasteiger partial charge in [-0.2, -0.15) is 0 Å². The first-order chi connectivity index (χ1) is 22.0. The summed E-state index contributed by atoms with van der Waals surface area (Å²) >= 11 is 12.5. The minimum atomic E-state index is -1.16. The number of aromatic nitrogens is 1. The van der Waals surface area contributed by atoms with Crippen LogP contribution in [0.3, 0.4) is 0 Å². The van der Waals surface area contributed by atoms with Crippen LogP contribution in [-0.4, -0.2) is 96.3 Å². The van der Waals surface area contributed by atoms with E-state index in [4.69, 9.17) is 37.4 Å². The summed E-state index contributed by atoms with van der Waals surface area (Å²) < 4.78 is 17.9. The van der Waals surface area contributed by atoms with Crippen LogP contribution in [0.5, 0.6) is 11.5 Å². The number of halogens is 2. The van der Waals surface area contributed by atoms with Gasteiger partial charge in [-0.25, -0.2) is 4.90 Å². The third-order valence-corrected chi connectivity index (χ3v) is 9.82. The van der Waals surface area contributed by atoms with E-state index in [-0.39, 0.29) is 12.1 Å². The third kappa shape index (κ3) is 7.13. The number of aromatic amines is 1. The molecule has 2 unspecified atom stereocenters. The number of hydrogen-bond acceptors (Lipinski definition) is 7. The van der Waals surface area contributed by atoms with Gasteiger partial charge >= 0.3 is 0 Å². The van der Waals surface area contributed by atoms with Gasteiger partial charge in [0.2, 0.25) is 0 Å². The molecule has 7 rings (SSSR count). The number of ether oxygens (including phenoxy) is 3. The number of H-pyrrole nitrogens is 1. The molecular weight excluding hydrogens is 611 g/mol. The monoisotopic (exact) mass is 650 g/mol.